The average Bonchev–Trinajstić information content (AvgIpc) is 3.35. The van der Waals surface area contributed by atoms with Crippen molar-refractivity contribution in [1.29, 1.82) is 0 Å². The first-order chi connectivity index (χ1) is 12.3. The fourth-order valence-corrected chi connectivity index (χ4v) is 4.68. The van der Waals surface area contributed by atoms with Crippen molar-refractivity contribution in [2.45, 2.75) is 17.0 Å². The van der Waals surface area contributed by atoms with Crippen LogP contribution in [0.15, 0.2) is 56.6 Å². The first kappa shape index (κ1) is 16.3. The molecule has 0 radical (unpaired) electrons. The number of thioether (sulfide) groups is 1. The van der Waals surface area contributed by atoms with Crippen LogP contribution in [0, 0.1) is 6.92 Å². The van der Waals surface area contributed by atoms with Gasteiger partial charge in [0.25, 0.3) is 0 Å². The number of aromatic nitrogens is 3. The number of rotatable bonds is 6. The van der Waals surface area contributed by atoms with E-state index in [9.17, 15) is 0 Å². The fourth-order valence-electron chi connectivity index (χ4n) is 2.14. The number of benzene rings is 1. The molecule has 0 saturated heterocycles. The van der Waals surface area contributed by atoms with Crippen molar-refractivity contribution in [1.82, 2.24) is 15.2 Å². The molecular weight excluding hydrogens is 372 g/mol. The molecule has 0 aliphatic carbocycles. The number of hydrogen-bond donors (Lipinski definition) is 1. The highest BCUT2D eigenvalue weighted by Gasteiger charge is 2.10. The lowest BCUT2D eigenvalue weighted by molar-refractivity contribution is 0.548. The molecule has 4 rings (SSSR count). The highest BCUT2D eigenvalue weighted by Crippen LogP contribution is 2.32. The van der Waals surface area contributed by atoms with Crippen LogP contribution >= 0.6 is 34.4 Å². The molecule has 0 atom stereocenters. The van der Waals surface area contributed by atoms with Gasteiger partial charge in [-0.2, -0.15) is 0 Å². The molecule has 3 heterocycles. The molecule has 126 valence electrons. The first-order valence-electron chi connectivity index (χ1n) is 7.56. The number of aryl methyl sites for hydroxylation is 1. The molecule has 0 fully saturated rings. The topological polar surface area (TPSA) is 63.8 Å². The van der Waals surface area contributed by atoms with Gasteiger partial charge in [-0.05, 0) is 31.2 Å². The van der Waals surface area contributed by atoms with Gasteiger partial charge in [0, 0.05) is 16.8 Å². The van der Waals surface area contributed by atoms with Crippen LogP contribution in [0.1, 0.15) is 11.5 Å². The van der Waals surface area contributed by atoms with Crippen molar-refractivity contribution < 1.29 is 4.42 Å². The zero-order valence-electron chi connectivity index (χ0n) is 13.3. The summed E-state index contributed by atoms with van der Waals surface area (Å²) in [5, 5.41) is 15.4. The van der Waals surface area contributed by atoms with Gasteiger partial charge in [0.1, 0.15) is 5.76 Å². The third kappa shape index (κ3) is 4.09. The standard InChI is InChI=1S/C17H14N4OS3/c1-11-7-8-14(22-11)15-18-13(9-23-15)10-24-17-21-20-16(25-17)19-12-5-3-2-4-6-12/h2-9H,10H2,1H3,(H,19,20). The Morgan fingerprint density at radius 2 is 2.00 bits per heavy atom. The van der Waals surface area contributed by atoms with Gasteiger partial charge in [-0.1, -0.05) is 41.3 Å². The number of para-hydroxylation sites is 1. The lowest BCUT2D eigenvalue weighted by atomic mass is 10.3. The van der Waals surface area contributed by atoms with Crippen LogP contribution in [0.25, 0.3) is 10.8 Å². The van der Waals surface area contributed by atoms with Gasteiger partial charge in [-0.25, -0.2) is 4.98 Å². The van der Waals surface area contributed by atoms with E-state index in [1.54, 1.807) is 34.4 Å². The molecule has 25 heavy (non-hydrogen) atoms. The van der Waals surface area contributed by atoms with E-state index in [0.717, 1.165) is 43.1 Å². The highest BCUT2D eigenvalue weighted by molar-refractivity contribution is 8.00. The normalized spacial score (nSPS) is 10.9. The molecule has 0 aliphatic heterocycles. The molecule has 0 unspecified atom stereocenters. The van der Waals surface area contributed by atoms with Crippen molar-refractivity contribution in [2.24, 2.45) is 0 Å². The average molecular weight is 387 g/mol. The number of nitrogens with one attached hydrogen (secondary N) is 1. The SMILES string of the molecule is Cc1ccc(-c2nc(CSc3nnc(Nc4ccccc4)s3)cs2)o1. The van der Waals surface area contributed by atoms with Gasteiger partial charge >= 0.3 is 0 Å². The number of nitrogens with zero attached hydrogens (tertiary/aromatic N) is 3. The van der Waals surface area contributed by atoms with Crippen LogP contribution in [-0.2, 0) is 5.75 Å². The highest BCUT2D eigenvalue weighted by atomic mass is 32.2. The number of hydrogen-bond acceptors (Lipinski definition) is 8. The first-order valence-corrected chi connectivity index (χ1v) is 10.2. The smallest absolute Gasteiger partial charge is 0.210 e. The van der Waals surface area contributed by atoms with Crippen LogP contribution in [0.4, 0.5) is 10.8 Å². The van der Waals surface area contributed by atoms with Crippen molar-refractivity contribution in [3.05, 3.63) is 59.3 Å². The number of anilines is 2. The maximum Gasteiger partial charge on any atom is 0.210 e. The van der Waals surface area contributed by atoms with Crippen LogP contribution in [0.5, 0.6) is 0 Å². The third-order valence-electron chi connectivity index (χ3n) is 3.28. The van der Waals surface area contributed by atoms with Crippen molar-refractivity contribution in [3.8, 4) is 10.8 Å². The van der Waals surface area contributed by atoms with E-state index in [1.807, 2.05) is 49.4 Å². The maximum atomic E-state index is 5.62. The van der Waals surface area contributed by atoms with Crippen molar-refractivity contribution in [3.63, 3.8) is 0 Å². The monoisotopic (exact) mass is 386 g/mol. The molecular formula is C17H14N4OS3. The summed E-state index contributed by atoms with van der Waals surface area (Å²) in [7, 11) is 0. The van der Waals surface area contributed by atoms with Gasteiger partial charge in [-0.15, -0.1) is 21.5 Å². The molecule has 0 amide bonds. The predicted octanol–water partition coefficient (Wildman–Crippen LogP) is 5.60. The Balaban J connectivity index is 1.37. The Hall–Kier alpha value is -2.16. The molecule has 3 aromatic heterocycles. The fraction of sp³-hybridized carbons (Fsp3) is 0.118. The van der Waals surface area contributed by atoms with E-state index in [0.29, 0.717) is 0 Å². The molecule has 0 bridgehead atoms. The van der Waals surface area contributed by atoms with Crippen LogP contribution in [0.2, 0.25) is 0 Å². The molecule has 5 nitrogen and oxygen atoms in total. The van der Waals surface area contributed by atoms with E-state index in [4.69, 9.17) is 4.42 Å². The van der Waals surface area contributed by atoms with E-state index in [1.165, 1.54) is 0 Å². The Bertz CT molecular complexity index is 961. The zero-order chi connectivity index (χ0) is 17.1. The summed E-state index contributed by atoms with van der Waals surface area (Å²) in [4.78, 5) is 4.63. The quantitative estimate of drug-likeness (QED) is 0.435. The Labute approximate surface area is 157 Å². The second-order valence-electron chi connectivity index (χ2n) is 5.21. The van der Waals surface area contributed by atoms with E-state index < -0.39 is 0 Å². The second kappa shape index (κ2) is 7.38. The zero-order valence-corrected chi connectivity index (χ0v) is 15.8. The van der Waals surface area contributed by atoms with Crippen LogP contribution in [-0.4, -0.2) is 15.2 Å². The van der Waals surface area contributed by atoms with Crippen molar-refractivity contribution in [2.75, 3.05) is 5.32 Å². The third-order valence-corrected chi connectivity index (χ3v) is 6.19. The summed E-state index contributed by atoms with van der Waals surface area (Å²) >= 11 is 4.77. The number of furan rings is 1. The summed E-state index contributed by atoms with van der Waals surface area (Å²) in [5.74, 6) is 2.48. The Morgan fingerprint density at radius 3 is 2.80 bits per heavy atom. The van der Waals surface area contributed by atoms with E-state index in [2.05, 4.69) is 25.9 Å². The minimum atomic E-state index is 0.760. The summed E-state index contributed by atoms with van der Waals surface area (Å²) < 4.78 is 6.54. The largest absolute Gasteiger partial charge is 0.459 e. The van der Waals surface area contributed by atoms with Crippen LogP contribution in [0.3, 0.4) is 0 Å². The molecule has 0 aliphatic rings. The lowest BCUT2D eigenvalue weighted by Gasteiger charge is -1.99. The van der Waals surface area contributed by atoms with Crippen molar-refractivity contribution >= 4 is 45.3 Å². The maximum absolute atomic E-state index is 5.62. The minimum Gasteiger partial charge on any atom is -0.459 e. The van der Waals surface area contributed by atoms with Gasteiger partial charge in [0.15, 0.2) is 15.1 Å². The van der Waals surface area contributed by atoms with Gasteiger partial charge in [0.2, 0.25) is 5.13 Å². The van der Waals surface area contributed by atoms with E-state index >= 15 is 0 Å². The predicted molar refractivity (Wildman–Crippen MR) is 104 cm³/mol. The molecule has 4 aromatic rings. The molecule has 0 spiro atoms. The Morgan fingerprint density at radius 1 is 1.12 bits per heavy atom. The minimum absolute atomic E-state index is 0.760. The Kier molecular flexibility index (Phi) is 4.82. The summed E-state index contributed by atoms with van der Waals surface area (Å²) in [6, 6.07) is 13.9. The summed E-state index contributed by atoms with van der Waals surface area (Å²) in [6.07, 6.45) is 0. The molecule has 0 saturated carbocycles. The molecule has 8 heteroatoms. The molecule has 1 N–H and O–H groups in total. The second-order valence-corrected chi connectivity index (χ2v) is 8.27. The summed E-state index contributed by atoms with van der Waals surface area (Å²) in [5.41, 5.74) is 2.03. The lowest BCUT2D eigenvalue weighted by Crippen LogP contribution is -1.87. The van der Waals surface area contributed by atoms with Gasteiger partial charge in [-0.3, -0.25) is 0 Å². The molecule has 1 aromatic carbocycles. The van der Waals surface area contributed by atoms with E-state index in [-0.39, 0.29) is 0 Å². The number of thiazole rings is 1. The van der Waals surface area contributed by atoms with Crippen LogP contribution < -0.4 is 5.32 Å². The summed E-state index contributed by atoms with van der Waals surface area (Å²) in [6.45, 7) is 1.93. The van der Waals surface area contributed by atoms with Gasteiger partial charge < -0.3 is 9.73 Å². The van der Waals surface area contributed by atoms with Gasteiger partial charge in [0.05, 0.1) is 5.69 Å².